The van der Waals surface area contributed by atoms with Gasteiger partial charge in [0.2, 0.25) is 0 Å². The zero-order valence-electron chi connectivity index (χ0n) is 10.9. The summed E-state index contributed by atoms with van der Waals surface area (Å²) < 4.78 is 0. The molecule has 0 N–H and O–H groups in total. The van der Waals surface area contributed by atoms with E-state index in [1.165, 1.54) is 45.8 Å². The Balaban J connectivity index is 2.18. The average Bonchev–Trinajstić information content (AvgIpc) is 2.21. The van der Waals surface area contributed by atoms with Crippen molar-refractivity contribution in [3.05, 3.63) is 0 Å². The van der Waals surface area contributed by atoms with Crippen LogP contribution in [0, 0.1) is 0 Å². The van der Waals surface area contributed by atoms with E-state index in [0.29, 0.717) is 6.04 Å². The SMILES string of the molecule is CCN(CCN1CCN(C)CC1)C(C)C. The molecule has 0 unspecified atom stereocenters. The van der Waals surface area contributed by atoms with Gasteiger partial charge in [0.05, 0.1) is 0 Å². The van der Waals surface area contributed by atoms with Gasteiger partial charge in [0.15, 0.2) is 0 Å². The summed E-state index contributed by atoms with van der Waals surface area (Å²) in [5.41, 5.74) is 0. The van der Waals surface area contributed by atoms with Gasteiger partial charge in [-0.2, -0.15) is 0 Å². The van der Waals surface area contributed by atoms with Crippen LogP contribution in [0.2, 0.25) is 0 Å². The largest absolute Gasteiger partial charge is 0.304 e. The first-order valence-corrected chi connectivity index (χ1v) is 6.28. The average molecular weight is 213 g/mol. The Labute approximate surface area is 95.0 Å². The van der Waals surface area contributed by atoms with Crippen molar-refractivity contribution in [1.82, 2.24) is 14.7 Å². The molecule has 3 nitrogen and oxygen atoms in total. The number of nitrogens with zero attached hydrogens (tertiary/aromatic N) is 3. The van der Waals surface area contributed by atoms with E-state index in [1.807, 2.05) is 0 Å². The van der Waals surface area contributed by atoms with Crippen LogP contribution in [-0.2, 0) is 0 Å². The highest BCUT2D eigenvalue weighted by atomic mass is 15.3. The molecule has 1 fully saturated rings. The molecule has 1 aliphatic rings. The molecule has 3 heteroatoms. The molecule has 1 rings (SSSR count). The Kier molecular flexibility index (Phi) is 5.58. The van der Waals surface area contributed by atoms with Crippen molar-refractivity contribution in [2.24, 2.45) is 0 Å². The lowest BCUT2D eigenvalue weighted by molar-refractivity contribution is 0.128. The fourth-order valence-electron chi connectivity index (χ4n) is 2.12. The quantitative estimate of drug-likeness (QED) is 0.673. The van der Waals surface area contributed by atoms with Gasteiger partial charge in [-0.15, -0.1) is 0 Å². The van der Waals surface area contributed by atoms with Crippen LogP contribution in [-0.4, -0.2) is 73.6 Å². The van der Waals surface area contributed by atoms with E-state index in [-0.39, 0.29) is 0 Å². The van der Waals surface area contributed by atoms with Gasteiger partial charge in [-0.3, -0.25) is 9.80 Å². The van der Waals surface area contributed by atoms with Gasteiger partial charge in [-0.05, 0) is 27.4 Å². The molecule has 0 bridgehead atoms. The smallest absolute Gasteiger partial charge is 0.0112 e. The van der Waals surface area contributed by atoms with Gasteiger partial charge in [0.25, 0.3) is 0 Å². The molecule has 0 atom stereocenters. The number of hydrogen-bond donors (Lipinski definition) is 0. The molecular weight excluding hydrogens is 186 g/mol. The number of rotatable bonds is 5. The van der Waals surface area contributed by atoms with E-state index in [1.54, 1.807) is 0 Å². The predicted octanol–water partition coefficient (Wildman–Crippen LogP) is 0.964. The standard InChI is InChI=1S/C12H27N3/c1-5-15(12(2)3)11-10-14-8-6-13(4)7-9-14/h12H,5-11H2,1-4H3. The zero-order chi connectivity index (χ0) is 11.3. The summed E-state index contributed by atoms with van der Waals surface area (Å²) >= 11 is 0. The molecule has 0 aromatic rings. The van der Waals surface area contributed by atoms with Gasteiger partial charge in [-0.25, -0.2) is 0 Å². The number of likely N-dealkylation sites (N-methyl/N-ethyl adjacent to an activating group) is 2. The highest BCUT2D eigenvalue weighted by molar-refractivity contribution is 4.71. The van der Waals surface area contributed by atoms with E-state index in [2.05, 4.69) is 42.5 Å². The van der Waals surface area contributed by atoms with Crippen molar-refractivity contribution in [2.75, 3.05) is 52.9 Å². The molecule has 1 saturated heterocycles. The lowest BCUT2D eigenvalue weighted by atomic mass is 10.3. The van der Waals surface area contributed by atoms with Crippen molar-refractivity contribution in [2.45, 2.75) is 26.8 Å². The fourth-order valence-corrected chi connectivity index (χ4v) is 2.12. The maximum absolute atomic E-state index is 2.59. The van der Waals surface area contributed by atoms with Crippen LogP contribution < -0.4 is 0 Å². The molecule has 0 saturated carbocycles. The second-order valence-electron chi connectivity index (χ2n) is 4.87. The Morgan fingerprint density at radius 2 is 1.73 bits per heavy atom. The first kappa shape index (κ1) is 12.9. The second kappa shape index (κ2) is 6.46. The molecule has 90 valence electrons. The molecular formula is C12H27N3. The fraction of sp³-hybridized carbons (Fsp3) is 1.00. The Morgan fingerprint density at radius 1 is 1.13 bits per heavy atom. The summed E-state index contributed by atoms with van der Waals surface area (Å²) in [4.78, 5) is 7.54. The predicted molar refractivity (Wildman–Crippen MR) is 66.3 cm³/mol. The van der Waals surface area contributed by atoms with Gasteiger partial charge in [-0.1, -0.05) is 6.92 Å². The lowest BCUT2D eigenvalue weighted by Gasteiger charge is -2.34. The Hall–Kier alpha value is -0.120. The van der Waals surface area contributed by atoms with E-state index < -0.39 is 0 Å². The molecule has 0 aliphatic carbocycles. The first-order chi connectivity index (χ1) is 7.13. The second-order valence-corrected chi connectivity index (χ2v) is 4.87. The molecule has 1 aliphatic heterocycles. The highest BCUT2D eigenvalue weighted by Gasteiger charge is 2.14. The minimum atomic E-state index is 0.683. The van der Waals surface area contributed by atoms with Crippen molar-refractivity contribution < 1.29 is 0 Å². The Bertz CT molecular complexity index is 162. The maximum atomic E-state index is 2.59. The molecule has 0 amide bonds. The van der Waals surface area contributed by atoms with E-state index in [9.17, 15) is 0 Å². The van der Waals surface area contributed by atoms with Crippen molar-refractivity contribution >= 4 is 0 Å². The highest BCUT2D eigenvalue weighted by Crippen LogP contribution is 2.01. The topological polar surface area (TPSA) is 9.72 Å². The van der Waals surface area contributed by atoms with E-state index >= 15 is 0 Å². The lowest BCUT2D eigenvalue weighted by Crippen LogP contribution is -2.47. The monoisotopic (exact) mass is 213 g/mol. The summed E-state index contributed by atoms with van der Waals surface area (Å²) in [7, 11) is 2.21. The van der Waals surface area contributed by atoms with Gasteiger partial charge in [0, 0.05) is 45.3 Å². The Morgan fingerprint density at radius 3 is 2.20 bits per heavy atom. The third-order valence-electron chi connectivity index (χ3n) is 3.44. The minimum absolute atomic E-state index is 0.683. The summed E-state index contributed by atoms with van der Waals surface area (Å²) in [6.45, 7) is 15.4. The molecule has 1 heterocycles. The summed E-state index contributed by atoms with van der Waals surface area (Å²) in [5.74, 6) is 0. The number of hydrogen-bond acceptors (Lipinski definition) is 3. The van der Waals surface area contributed by atoms with Crippen LogP contribution in [0.3, 0.4) is 0 Å². The van der Waals surface area contributed by atoms with Crippen molar-refractivity contribution in [1.29, 1.82) is 0 Å². The summed E-state index contributed by atoms with van der Waals surface area (Å²) in [6, 6.07) is 0.683. The molecule has 0 aromatic carbocycles. The summed E-state index contributed by atoms with van der Waals surface area (Å²) in [5, 5.41) is 0. The van der Waals surface area contributed by atoms with E-state index in [0.717, 1.165) is 0 Å². The normalized spacial score (nSPS) is 20.4. The molecule has 0 aromatic heterocycles. The van der Waals surface area contributed by atoms with Crippen LogP contribution in [0.4, 0.5) is 0 Å². The van der Waals surface area contributed by atoms with Crippen LogP contribution in [0.1, 0.15) is 20.8 Å². The maximum Gasteiger partial charge on any atom is 0.0112 e. The zero-order valence-corrected chi connectivity index (χ0v) is 10.9. The first-order valence-electron chi connectivity index (χ1n) is 6.28. The van der Waals surface area contributed by atoms with Gasteiger partial charge >= 0.3 is 0 Å². The van der Waals surface area contributed by atoms with Gasteiger partial charge in [0.1, 0.15) is 0 Å². The van der Waals surface area contributed by atoms with Crippen LogP contribution >= 0.6 is 0 Å². The van der Waals surface area contributed by atoms with Crippen molar-refractivity contribution in [3.8, 4) is 0 Å². The molecule has 0 radical (unpaired) electrons. The summed E-state index contributed by atoms with van der Waals surface area (Å²) in [6.07, 6.45) is 0. The van der Waals surface area contributed by atoms with Crippen molar-refractivity contribution in [3.63, 3.8) is 0 Å². The van der Waals surface area contributed by atoms with E-state index in [4.69, 9.17) is 0 Å². The van der Waals surface area contributed by atoms with Crippen LogP contribution in [0.25, 0.3) is 0 Å². The molecule has 15 heavy (non-hydrogen) atoms. The van der Waals surface area contributed by atoms with Crippen LogP contribution in [0.5, 0.6) is 0 Å². The third kappa shape index (κ3) is 4.49. The minimum Gasteiger partial charge on any atom is -0.304 e. The number of piperazine rings is 1. The molecule has 0 spiro atoms. The van der Waals surface area contributed by atoms with Crippen LogP contribution in [0.15, 0.2) is 0 Å². The van der Waals surface area contributed by atoms with Gasteiger partial charge < -0.3 is 4.90 Å². The third-order valence-corrected chi connectivity index (χ3v) is 3.44.